The third-order valence-corrected chi connectivity index (χ3v) is 3.35. The summed E-state index contributed by atoms with van der Waals surface area (Å²) < 4.78 is 18.2. The number of nitrogens with two attached hydrogens (primary N) is 1. The lowest BCUT2D eigenvalue weighted by molar-refractivity contribution is -0.121. The Bertz CT molecular complexity index is 526. The molecule has 0 aromatic heterocycles. The Balaban J connectivity index is 0.00000576. The third kappa shape index (κ3) is 10.2. The molecular formula is C17H28FIN4O2. The monoisotopic (exact) mass is 466 g/mol. The molecule has 6 nitrogen and oxygen atoms in total. The van der Waals surface area contributed by atoms with E-state index in [9.17, 15) is 9.18 Å². The van der Waals surface area contributed by atoms with E-state index in [2.05, 4.69) is 15.6 Å². The molecule has 0 spiro atoms. The fourth-order valence-corrected chi connectivity index (χ4v) is 2.09. The lowest BCUT2D eigenvalue weighted by Crippen LogP contribution is -2.40. The summed E-state index contributed by atoms with van der Waals surface area (Å²) in [5, 5.41) is 6.24. The Morgan fingerprint density at radius 3 is 2.52 bits per heavy atom. The molecule has 0 fully saturated rings. The van der Waals surface area contributed by atoms with Crippen LogP contribution in [0.15, 0.2) is 29.3 Å². The molecule has 0 bridgehead atoms. The molecule has 142 valence electrons. The molecule has 0 radical (unpaired) electrons. The second kappa shape index (κ2) is 13.8. The number of carbonyl (C=O) groups excluding carboxylic acids is 1. The van der Waals surface area contributed by atoms with Crippen LogP contribution < -0.4 is 16.4 Å². The van der Waals surface area contributed by atoms with Crippen LogP contribution in [-0.2, 0) is 16.0 Å². The van der Waals surface area contributed by atoms with Crippen molar-refractivity contribution in [1.29, 1.82) is 0 Å². The number of hydrogen-bond acceptors (Lipinski definition) is 3. The Kier molecular flexibility index (Phi) is 13.0. The number of nitrogens with one attached hydrogen (secondary N) is 2. The van der Waals surface area contributed by atoms with Gasteiger partial charge in [-0.2, -0.15) is 0 Å². The highest BCUT2D eigenvalue weighted by molar-refractivity contribution is 14.0. The highest BCUT2D eigenvalue weighted by Gasteiger charge is 2.16. The predicted octanol–water partition coefficient (Wildman–Crippen LogP) is 1.68. The largest absolute Gasteiger partial charge is 0.380 e. The first kappa shape index (κ1) is 23.6. The summed E-state index contributed by atoms with van der Waals surface area (Å²) in [6, 6.07) is 6.05. The summed E-state index contributed by atoms with van der Waals surface area (Å²) >= 11 is 0. The van der Waals surface area contributed by atoms with Gasteiger partial charge in [0.05, 0.1) is 19.1 Å². The molecule has 25 heavy (non-hydrogen) atoms. The maximum absolute atomic E-state index is 13.0. The Labute approximate surface area is 165 Å². The van der Waals surface area contributed by atoms with Crippen LogP contribution in [0.1, 0.15) is 19.4 Å². The van der Waals surface area contributed by atoms with E-state index < -0.39 is 11.8 Å². The van der Waals surface area contributed by atoms with Gasteiger partial charge in [-0.25, -0.2) is 4.39 Å². The Hall–Kier alpha value is -1.42. The normalized spacial score (nSPS) is 12.2. The van der Waals surface area contributed by atoms with E-state index >= 15 is 0 Å². The molecule has 1 rings (SSSR count). The van der Waals surface area contributed by atoms with Crippen molar-refractivity contribution in [3.63, 3.8) is 0 Å². The van der Waals surface area contributed by atoms with Gasteiger partial charge in [-0.05, 0) is 38.0 Å². The van der Waals surface area contributed by atoms with Gasteiger partial charge >= 0.3 is 0 Å². The van der Waals surface area contributed by atoms with E-state index in [1.54, 1.807) is 12.1 Å². The van der Waals surface area contributed by atoms with E-state index in [4.69, 9.17) is 10.5 Å². The zero-order valence-corrected chi connectivity index (χ0v) is 17.1. The fourth-order valence-electron chi connectivity index (χ4n) is 2.09. The lowest BCUT2D eigenvalue weighted by atomic mass is 9.99. The number of carbonyl (C=O) groups is 1. The number of benzene rings is 1. The SMILES string of the molecule is CCNC(=NCC(Cc1ccc(F)cc1)C(N)=O)NCCOCC.I. The second-order valence-electron chi connectivity index (χ2n) is 5.27. The molecule has 1 atom stereocenters. The van der Waals surface area contributed by atoms with Gasteiger partial charge in [0.2, 0.25) is 5.91 Å². The Morgan fingerprint density at radius 2 is 1.96 bits per heavy atom. The summed E-state index contributed by atoms with van der Waals surface area (Å²) in [6.45, 7) is 6.73. The maximum atomic E-state index is 13.0. The minimum atomic E-state index is -0.446. The standard InChI is InChI=1S/C17H27FN4O2.HI/c1-3-20-17(21-9-10-24-4-2)22-12-14(16(19)23)11-13-5-7-15(18)8-6-13;/h5-8,14H,3-4,9-12H2,1-2H3,(H2,19,23)(H2,20,21,22);1H. The molecule has 1 amide bonds. The average Bonchev–Trinajstić information content (AvgIpc) is 2.56. The van der Waals surface area contributed by atoms with Crippen molar-refractivity contribution in [2.75, 3.05) is 32.8 Å². The molecule has 0 aliphatic heterocycles. The predicted molar refractivity (Wildman–Crippen MR) is 109 cm³/mol. The highest BCUT2D eigenvalue weighted by atomic mass is 127. The van der Waals surface area contributed by atoms with Crippen molar-refractivity contribution >= 4 is 35.8 Å². The van der Waals surface area contributed by atoms with Crippen LogP contribution in [0.25, 0.3) is 0 Å². The second-order valence-corrected chi connectivity index (χ2v) is 5.27. The van der Waals surface area contributed by atoms with Crippen LogP contribution in [0.3, 0.4) is 0 Å². The number of guanidine groups is 1. The third-order valence-electron chi connectivity index (χ3n) is 3.35. The van der Waals surface area contributed by atoms with Crippen molar-refractivity contribution < 1.29 is 13.9 Å². The van der Waals surface area contributed by atoms with E-state index in [0.717, 1.165) is 5.56 Å². The molecule has 1 unspecified atom stereocenters. The Morgan fingerprint density at radius 1 is 1.28 bits per heavy atom. The van der Waals surface area contributed by atoms with Crippen LogP contribution in [0.5, 0.6) is 0 Å². The van der Waals surface area contributed by atoms with E-state index in [1.807, 2.05) is 13.8 Å². The molecule has 8 heteroatoms. The molecule has 0 heterocycles. The number of nitrogens with zero attached hydrogens (tertiary/aromatic N) is 1. The fraction of sp³-hybridized carbons (Fsp3) is 0.529. The van der Waals surface area contributed by atoms with E-state index in [0.29, 0.717) is 38.7 Å². The van der Waals surface area contributed by atoms with Crippen LogP contribution in [0, 0.1) is 11.7 Å². The van der Waals surface area contributed by atoms with Gasteiger partial charge in [0.15, 0.2) is 5.96 Å². The van der Waals surface area contributed by atoms with Gasteiger partial charge in [0.1, 0.15) is 5.82 Å². The summed E-state index contributed by atoms with van der Waals surface area (Å²) in [7, 11) is 0. The van der Waals surface area contributed by atoms with Crippen LogP contribution in [-0.4, -0.2) is 44.7 Å². The first-order chi connectivity index (χ1) is 11.6. The summed E-state index contributed by atoms with van der Waals surface area (Å²) in [5.41, 5.74) is 6.32. The summed E-state index contributed by atoms with van der Waals surface area (Å²) in [4.78, 5) is 16.1. The number of hydrogen-bond donors (Lipinski definition) is 3. The number of amides is 1. The van der Waals surface area contributed by atoms with Gasteiger partial charge in [-0.15, -0.1) is 24.0 Å². The van der Waals surface area contributed by atoms with E-state index in [1.165, 1.54) is 12.1 Å². The van der Waals surface area contributed by atoms with Crippen LogP contribution >= 0.6 is 24.0 Å². The van der Waals surface area contributed by atoms with Gasteiger partial charge in [0.25, 0.3) is 0 Å². The molecule has 1 aromatic rings. The van der Waals surface area contributed by atoms with Gasteiger partial charge < -0.3 is 21.1 Å². The number of aliphatic imine (C=N–C) groups is 1. The average molecular weight is 466 g/mol. The summed E-state index contributed by atoms with van der Waals surface area (Å²) in [5.74, 6) is -0.561. The highest BCUT2D eigenvalue weighted by Crippen LogP contribution is 2.10. The van der Waals surface area contributed by atoms with Crippen molar-refractivity contribution in [2.45, 2.75) is 20.3 Å². The first-order valence-corrected chi connectivity index (χ1v) is 8.20. The zero-order valence-electron chi connectivity index (χ0n) is 14.8. The number of ether oxygens (including phenoxy) is 1. The molecule has 0 aliphatic rings. The number of rotatable bonds is 10. The smallest absolute Gasteiger partial charge is 0.222 e. The van der Waals surface area contributed by atoms with Crippen molar-refractivity contribution in [1.82, 2.24) is 10.6 Å². The van der Waals surface area contributed by atoms with E-state index in [-0.39, 0.29) is 36.3 Å². The number of primary amides is 1. The van der Waals surface area contributed by atoms with Crippen LogP contribution in [0.4, 0.5) is 4.39 Å². The number of halogens is 2. The molecule has 0 aliphatic carbocycles. The molecule has 1 aromatic carbocycles. The lowest BCUT2D eigenvalue weighted by Gasteiger charge is -2.14. The quantitative estimate of drug-likeness (QED) is 0.212. The van der Waals surface area contributed by atoms with Gasteiger partial charge in [-0.1, -0.05) is 12.1 Å². The van der Waals surface area contributed by atoms with Crippen molar-refractivity contribution in [2.24, 2.45) is 16.6 Å². The minimum absolute atomic E-state index is 0. The topological polar surface area (TPSA) is 88.7 Å². The molecular weight excluding hydrogens is 438 g/mol. The summed E-state index contributed by atoms with van der Waals surface area (Å²) in [6.07, 6.45) is 0.428. The van der Waals surface area contributed by atoms with Crippen molar-refractivity contribution in [3.05, 3.63) is 35.6 Å². The first-order valence-electron chi connectivity index (χ1n) is 8.20. The maximum Gasteiger partial charge on any atom is 0.222 e. The molecule has 0 saturated carbocycles. The van der Waals surface area contributed by atoms with Gasteiger partial charge in [-0.3, -0.25) is 9.79 Å². The van der Waals surface area contributed by atoms with Gasteiger partial charge in [0, 0.05) is 19.7 Å². The van der Waals surface area contributed by atoms with Crippen molar-refractivity contribution in [3.8, 4) is 0 Å². The minimum Gasteiger partial charge on any atom is -0.380 e. The molecule has 0 saturated heterocycles. The zero-order chi connectivity index (χ0) is 17.8. The van der Waals surface area contributed by atoms with Crippen LogP contribution in [0.2, 0.25) is 0 Å². The molecule has 4 N–H and O–H groups in total.